The fourth-order valence-electron chi connectivity index (χ4n) is 6.01. The van der Waals surface area contributed by atoms with Crippen molar-refractivity contribution in [3.8, 4) is 0 Å². The lowest BCUT2D eigenvalue weighted by Crippen LogP contribution is -2.55. The number of hydrogen-bond donors (Lipinski definition) is 1. The maximum Gasteiger partial charge on any atom is 0.264 e. The minimum absolute atomic E-state index is 0.0447. The molecule has 0 aliphatic heterocycles. The van der Waals surface area contributed by atoms with Crippen LogP contribution in [0.1, 0.15) is 54.4 Å². The molecule has 4 aromatic carbocycles. The summed E-state index contributed by atoms with van der Waals surface area (Å²) in [5, 5.41) is 3.25. The molecule has 0 aromatic heterocycles. The van der Waals surface area contributed by atoms with E-state index in [1.165, 1.54) is 0 Å². The highest BCUT2D eigenvalue weighted by molar-refractivity contribution is 9.10. The van der Waals surface area contributed by atoms with Gasteiger partial charge in [0, 0.05) is 23.5 Å². The van der Waals surface area contributed by atoms with E-state index < -0.39 is 28.5 Å². The molecule has 1 atom stereocenters. The number of rotatable bonds is 12. The number of anilines is 1. The van der Waals surface area contributed by atoms with Crippen LogP contribution in [0.15, 0.2) is 112 Å². The lowest BCUT2D eigenvalue weighted by Gasteiger charge is -2.35. The normalized spacial score (nSPS) is 14.3. The zero-order chi connectivity index (χ0) is 33.4. The van der Waals surface area contributed by atoms with Crippen LogP contribution in [0.5, 0.6) is 0 Å². The van der Waals surface area contributed by atoms with Gasteiger partial charge in [0.1, 0.15) is 12.6 Å². The van der Waals surface area contributed by atoms with Crippen LogP contribution in [0.2, 0.25) is 0 Å². The van der Waals surface area contributed by atoms with Gasteiger partial charge in [-0.05, 0) is 74.2 Å². The average molecular weight is 717 g/mol. The third-order valence-electron chi connectivity index (χ3n) is 8.67. The molecular weight excluding hydrogens is 674 g/mol. The quantitative estimate of drug-likeness (QED) is 0.166. The number of aryl methyl sites for hydroxylation is 2. The Morgan fingerprint density at radius 1 is 0.809 bits per heavy atom. The van der Waals surface area contributed by atoms with Crippen LogP contribution in [-0.2, 0) is 32.6 Å². The number of benzene rings is 4. The molecule has 1 aliphatic carbocycles. The number of amides is 2. The second-order valence-corrected chi connectivity index (χ2v) is 15.1. The van der Waals surface area contributed by atoms with Gasteiger partial charge in [0.15, 0.2) is 0 Å². The van der Waals surface area contributed by atoms with Gasteiger partial charge in [0.05, 0.1) is 10.6 Å². The molecule has 0 radical (unpaired) electrons. The van der Waals surface area contributed by atoms with E-state index in [4.69, 9.17) is 0 Å². The van der Waals surface area contributed by atoms with Crippen molar-refractivity contribution in [2.75, 3.05) is 10.8 Å². The Kier molecular flexibility index (Phi) is 11.5. The first-order valence-electron chi connectivity index (χ1n) is 16.1. The number of carbonyl (C=O) groups is 2. The molecule has 2 amide bonds. The van der Waals surface area contributed by atoms with Gasteiger partial charge in [-0.15, -0.1) is 0 Å². The van der Waals surface area contributed by atoms with Crippen LogP contribution >= 0.6 is 15.9 Å². The zero-order valence-corrected chi connectivity index (χ0v) is 29.3. The number of carbonyl (C=O) groups excluding carboxylic acids is 2. The van der Waals surface area contributed by atoms with Gasteiger partial charge in [-0.3, -0.25) is 13.9 Å². The Balaban J connectivity index is 1.56. The first kappa shape index (κ1) is 34.4. The van der Waals surface area contributed by atoms with E-state index in [2.05, 4.69) is 21.2 Å². The molecule has 1 N–H and O–H groups in total. The van der Waals surface area contributed by atoms with Crippen LogP contribution in [0.3, 0.4) is 0 Å². The highest BCUT2D eigenvalue weighted by Crippen LogP contribution is 2.26. The standard InChI is InChI=1S/C38H42BrN3O4S/c1-28-16-20-34(21-17-28)42(47(45,46)35-22-18-29(2)19-23-35)27-37(43)41(26-31-12-9-13-32(39)24-31)36(25-30-10-5-3-6-11-30)38(44)40-33-14-7-4-8-15-33/h3,5-6,9-13,16-24,33,36H,4,7-8,14-15,25-27H2,1-2H3,(H,40,44). The predicted octanol–water partition coefficient (Wildman–Crippen LogP) is 7.35. The Labute approximate surface area is 287 Å². The molecule has 0 spiro atoms. The molecule has 9 heteroatoms. The van der Waals surface area contributed by atoms with Gasteiger partial charge in [-0.1, -0.05) is 113 Å². The minimum Gasteiger partial charge on any atom is -0.352 e. The average Bonchev–Trinajstić information content (AvgIpc) is 3.06. The number of hydrogen-bond acceptors (Lipinski definition) is 4. The van der Waals surface area contributed by atoms with E-state index in [0.717, 1.165) is 63.1 Å². The van der Waals surface area contributed by atoms with Crippen molar-refractivity contribution in [2.45, 2.75) is 75.9 Å². The summed E-state index contributed by atoms with van der Waals surface area (Å²) in [5.41, 5.74) is 3.99. The van der Waals surface area contributed by atoms with Gasteiger partial charge in [0.2, 0.25) is 11.8 Å². The lowest BCUT2D eigenvalue weighted by molar-refractivity contribution is -0.140. The number of nitrogens with zero attached hydrogens (tertiary/aromatic N) is 2. The van der Waals surface area contributed by atoms with Crippen molar-refractivity contribution in [2.24, 2.45) is 0 Å². The molecular formula is C38H42BrN3O4S. The molecule has 1 aliphatic rings. The van der Waals surface area contributed by atoms with Gasteiger partial charge < -0.3 is 10.2 Å². The largest absolute Gasteiger partial charge is 0.352 e. The van der Waals surface area contributed by atoms with Crippen molar-refractivity contribution >= 4 is 43.5 Å². The third-order valence-corrected chi connectivity index (χ3v) is 11.0. The van der Waals surface area contributed by atoms with Crippen LogP contribution in [0.4, 0.5) is 5.69 Å². The van der Waals surface area contributed by atoms with Gasteiger partial charge in [-0.25, -0.2) is 8.42 Å². The van der Waals surface area contributed by atoms with E-state index in [9.17, 15) is 18.0 Å². The Bertz CT molecular complexity index is 1760. The van der Waals surface area contributed by atoms with E-state index in [1.54, 1.807) is 41.3 Å². The maximum atomic E-state index is 14.7. The topological polar surface area (TPSA) is 86.8 Å². The molecule has 5 rings (SSSR count). The van der Waals surface area contributed by atoms with E-state index >= 15 is 0 Å². The number of halogens is 1. The van der Waals surface area contributed by atoms with E-state index in [-0.39, 0.29) is 29.8 Å². The molecule has 1 saturated carbocycles. The molecule has 47 heavy (non-hydrogen) atoms. The summed E-state index contributed by atoms with van der Waals surface area (Å²) in [6.07, 6.45) is 5.35. The molecule has 0 saturated heterocycles. The van der Waals surface area contributed by atoms with Crippen LogP contribution < -0.4 is 9.62 Å². The number of sulfonamides is 1. The third kappa shape index (κ3) is 9.11. The van der Waals surface area contributed by atoms with Gasteiger partial charge >= 0.3 is 0 Å². The van der Waals surface area contributed by atoms with Crippen molar-refractivity contribution in [1.29, 1.82) is 0 Å². The molecule has 246 valence electrons. The van der Waals surface area contributed by atoms with Crippen LogP contribution in [0, 0.1) is 13.8 Å². The van der Waals surface area contributed by atoms with Crippen LogP contribution in [-0.4, -0.2) is 43.8 Å². The summed E-state index contributed by atoms with van der Waals surface area (Å²) in [5.74, 6) is -0.701. The highest BCUT2D eigenvalue weighted by Gasteiger charge is 2.35. The molecule has 7 nitrogen and oxygen atoms in total. The second-order valence-electron chi connectivity index (χ2n) is 12.4. The second kappa shape index (κ2) is 15.8. The summed E-state index contributed by atoms with van der Waals surface area (Å²) >= 11 is 3.54. The van der Waals surface area contributed by atoms with Crippen molar-refractivity contribution in [3.05, 3.63) is 130 Å². The highest BCUT2D eigenvalue weighted by atomic mass is 79.9. The monoisotopic (exact) mass is 715 g/mol. The first-order chi connectivity index (χ1) is 22.6. The Morgan fingerprint density at radius 2 is 1.43 bits per heavy atom. The smallest absolute Gasteiger partial charge is 0.264 e. The SMILES string of the molecule is Cc1ccc(N(CC(=O)N(Cc2cccc(Br)c2)C(Cc2ccccc2)C(=O)NC2CCCCC2)S(=O)(=O)c2ccc(C)cc2)cc1. The summed E-state index contributed by atoms with van der Waals surface area (Å²) in [6, 6.07) is 30.1. The van der Waals surface area contributed by atoms with E-state index in [1.807, 2.05) is 80.6 Å². The van der Waals surface area contributed by atoms with Crippen molar-refractivity contribution in [3.63, 3.8) is 0 Å². The molecule has 0 bridgehead atoms. The predicted molar refractivity (Wildman–Crippen MR) is 191 cm³/mol. The van der Waals surface area contributed by atoms with Crippen molar-refractivity contribution in [1.82, 2.24) is 10.2 Å². The molecule has 4 aromatic rings. The fourth-order valence-corrected chi connectivity index (χ4v) is 7.87. The zero-order valence-electron chi connectivity index (χ0n) is 26.9. The molecule has 1 unspecified atom stereocenters. The Hall–Kier alpha value is -3.95. The summed E-state index contributed by atoms with van der Waals surface area (Å²) < 4.78 is 30.4. The van der Waals surface area contributed by atoms with Crippen LogP contribution in [0.25, 0.3) is 0 Å². The van der Waals surface area contributed by atoms with E-state index in [0.29, 0.717) is 5.69 Å². The molecule has 0 heterocycles. The summed E-state index contributed by atoms with van der Waals surface area (Å²) in [4.78, 5) is 30.5. The lowest BCUT2D eigenvalue weighted by atomic mass is 9.94. The minimum atomic E-state index is -4.14. The molecule has 1 fully saturated rings. The summed E-state index contributed by atoms with van der Waals surface area (Å²) in [7, 11) is -4.14. The van der Waals surface area contributed by atoms with Crippen molar-refractivity contribution < 1.29 is 18.0 Å². The van der Waals surface area contributed by atoms with Gasteiger partial charge in [-0.2, -0.15) is 0 Å². The van der Waals surface area contributed by atoms with Gasteiger partial charge in [0.25, 0.3) is 10.0 Å². The number of nitrogens with one attached hydrogen (secondary N) is 1. The summed E-state index contributed by atoms with van der Waals surface area (Å²) in [6.45, 7) is 3.46. The Morgan fingerprint density at radius 3 is 2.06 bits per heavy atom. The maximum absolute atomic E-state index is 14.7. The first-order valence-corrected chi connectivity index (χ1v) is 18.4. The fraction of sp³-hybridized carbons (Fsp3) is 0.316.